The lowest BCUT2D eigenvalue weighted by molar-refractivity contribution is -0.384. The largest absolute Gasteiger partial charge is 0.374 e. The number of nitrogens with one attached hydrogen (secondary N) is 1. The second-order valence-corrected chi connectivity index (χ2v) is 3.77. The Morgan fingerprint density at radius 2 is 2.12 bits per heavy atom. The lowest BCUT2D eigenvalue weighted by atomic mass is 10.1. The summed E-state index contributed by atoms with van der Waals surface area (Å²) in [6, 6.07) is 0. The monoisotopic (exact) mass is 245 g/mol. The van der Waals surface area contributed by atoms with Gasteiger partial charge in [0.15, 0.2) is 0 Å². The molecule has 7 heteroatoms. The Labute approximate surface area is 97.4 Å². The molecule has 1 aromatic heterocycles. The Balaban J connectivity index is 3.45. The van der Waals surface area contributed by atoms with E-state index in [1.807, 2.05) is 0 Å². The standard InChI is InChI=1S/C9H12ClN3O3/c1-4-5(2)11-9(10)8(13(15)16)7(4)12-6(3)14/h6,14H,1-3H3,(H,11,12). The number of rotatable bonds is 3. The molecule has 0 spiro atoms. The van der Waals surface area contributed by atoms with Gasteiger partial charge in [0.05, 0.1) is 4.92 Å². The second kappa shape index (κ2) is 4.63. The van der Waals surface area contributed by atoms with E-state index in [2.05, 4.69) is 10.3 Å². The number of aromatic nitrogens is 1. The predicted molar refractivity (Wildman–Crippen MR) is 60.7 cm³/mol. The zero-order valence-electron chi connectivity index (χ0n) is 9.11. The van der Waals surface area contributed by atoms with E-state index in [1.165, 1.54) is 6.92 Å². The lowest BCUT2D eigenvalue weighted by Crippen LogP contribution is -2.16. The summed E-state index contributed by atoms with van der Waals surface area (Å²) in [6.07, 6.45) is -0.907. The third-order valence-corrected chi connectivity index (χ3v) is 2.42. The number of anilines is 1. The predicted octanol–water partition coefficient (Wildman–Crippen LogP) is 2.01. The van der Waals surface area contributed by atoms with E-state index in [4.69, 9.17) is 11.6 Å². The summed E-state index contributed by atoms with van der Waals surface area (Å²) < 4.78 is 0. The van der Waals surface area contributed by atoms with Gasteiger partial charge in [-0.15, -0.1) is 0 Å². The van der Waals surface area contributed by atoms with Crippen LogP contribution < -0.4 is 5.32 Å². The minimum absolute atomic E-state index is 0.184. The Kier molecular flexibility index (Phi) is 3.66. The van der Waals surface area contributed by atoms with Crippen LogP contribution in [0.2, 0.25) is 5.15 Å². The van der Waals surface area contributed by atoms with Gasteiger partial charge in [-0.1, -0.05) is 11.6 Å². The molecule has 0 fully saturated rings. The Morgan fingerprint density at radius 1 is 1.56 bits per heavy atom. The fraction of sp³-hybridized carbons (Fsp3) is 0.444. The highest BCUT2D eigenvalue weighted by Gasteiger charge is 2.24. The molecule has 1 unspecified atom stereocenters. The summed E-state index contributed by atoms with van der Waals surface area (Å²) in [7, 11) is 0. The minimum atomic E-state index is -0.907. The molecule has 0 aliphatic heterocycles. The first-order chi connectivity index (χ1) is 7.34. The van der Waals surface area contributed by atoms with Crippen molar-refractivity contribution < 1.29 is 10.0 Å². The number of aliphatic hydroxyl groups excluding tert-OH is 1. The molecule has 6 nitrogen and oxygen atoms in total. The Hall–Kier alpha value is -1.40. The van der Waals surface area contributed by atoms with Crippen LogP contribution in [0.15, 0.2) is 0 Å². The van der Waals surface area contributed by atoms with Crippen LogP contribution in [0, 0.1) is 24.0 Å². The number of pyridine rings is 1. The van der Waals surface area contributed by atoms with Crippen molar-refractivity contribution in [2.75, 3.05) is 5.32 Å². The maximum absolute atomic E-state index is 10.8. The Bertz CT molecular complexity index is 434. The molecule has 0 radical (unpaired) electrons. The van der Waals surface area contributed by atoms with Crippen molar-refractivity contribution in [3.8, 4) is 0 Å². The molecule has 88 valence electrons. The van der Waals surface area contributed by atoms with E-state index >= 15 is 0 Å². The van der Waals surface area contributed by atoms with Gasteiger partial charge in [-0.25, -0.2) is 4.98 Å². The average molecular weight is 246 g/mol. The van der Waals surface area contributed by atoms with Gasteiger partial charge in [-0.2, -0.15) is 0 Å². The normalized spacial score (nSPS) is 12.3. The molecule has 0 aromatic carbocycles. The molecule has 0 aliphatic carbocycles. The first kappa shape index (κ1) is 12.7. The number of hydrogen-bond acceptors (Lipinski definition) is 5. The Morgan fingerprint density at radius 3 is 2.56 bits per heavy atom. The minimum Gasteiger partial charge on any atom is -0.374 e. The number of nitrogens with zero attached hydrogens (tertiary/aromatic N) is 2. The first-order valence-corrected chi connectivity index (χ1v) is 4.98. The number of aryl methyl sites for hydroxylation is 1. The van der Waals surface area contributed by atoms with E-state index in [9.17, 15) is 15.2 Å². The smallest absolute Gasteiger partial charge is 0.329 e. The molecular weight excluding hydrogens is 234 g/mol. The van der Waals surface area contributed by atoms with Crippen LogP contribution in [0.3, 0.4) is 0 Å². The maximum atomic E-state index is 10.8. The molecule has 2 N–H and O–H groups in total. The summed E-state index contributed by atoms with van der Waals surface area (Å²) in [6.45, 7) is 4.83. The first-order valence-electron chi connectivity index (χ1n) is 4.60. The van der Waals surface area contributed by atoms with Crippen molar-refractivity contribution in [1.82, 2.24) is 4.98 Å². The summed E-state index contributed by atoms with van der Waals surface area (Å²) in [4.78, 5) is 14.1. The molecule has 0 saturated carbocycles. The van der Waals surface area contributed by atoms with Crippen molar-refractivity contribution in [2.45, 2.75) is 27.0 Å². The van der Waals surface area contributed by atoms with E-state index in [0.717, 1.165) is 0 Å². The van der Waals surface area contributed by atoms with Crippen molar-refractivity contribution >= 4 is 23.0 Å². The van der Waals surface area contributed by atoms with Crippen LogP contribution in [0.1, 0.15) is 18.2 Å². The molecule has 0 bridgehead atoms. The van der Waals surface area contributed by atoms with Crippen molar-refractivity contribution in [2.24, 2.45) is 0 Å². The van der Waals surface area contributed by atoms with E-state index in [-0.39, 0.29) is 16.5 Å². The molecular formula is C9H12ClN3O3. The van der Waals surface area contributed by atoms with Gasteiger partial charge in [0.1, 0.15) is 11.9 Å². The topological polar surface area (TPSA) is 88.3 Å². The lowest BCUT2D eigenvalue weighted by Gasteiger charge is -2.14. The zero-order chi connectivity index (χ0) is 12.5. The summed E-state index contributed by atoms with van der Waals surface area (Å²) in [5.74, 6) is 0. The molecule has 16 heavy (non-hydrogen) atoms. The van der Waals surface area contributed by atoms with Crippen LogP contribution in [-0.2, 0) is 0 Å². The van der Waals surface area contributed by atoms with Crippen molar-refractivity contribution in [3.63, 3.8) is 0 Å². The molecule has 1 atom stereocenters. The highest BCUT2D eigenvalue weighted by atomic mass is 35.5. The molecule has 1 heterocycles. The van der Waals surface area contributed by atoms with Gasteiger partial charge in [0, 0.05) is 11.3 Å². The van der Waals surface area contributed by atoms with Gasteiger partial charge >= 0.3 is 5.69 Å². The van der Waals surface area contributed by atoms with Crippen molar-refractivity contribution in [1.29, 1.82) is 0 Å². The number of nitro groups is 1. The maximum Gasteiger partial charge on any atom is 0.329 e. The third-order valence-electron chi connectivity index (χ3n) is 2.15. The number of hydrogen-bond donors (Lipinski definition) is 2. The fourth-order valence-corrected chi connectivity index (χ4v) is 1.59. The van der Waals surface area contributed by atoms with E-state index < -0.39 is 11.2 Å². The highest BCUT2D eigenvalue weighted by Crippen LogP contribution is 2.35. The van der Waals surface area contributed by atoms with Crippen LogP contribution in [0.5, 0.6) is 0 Å². The number of halogens is 1. The quantitative estimate of drug-likeness (QED) is 0.368. The van der Waals surface area contributed by atoms with Crippen LogP contribution in [0.4, 0.5) is 11.4 Å². The average Bonchev–Trinajstić information content (AvgIpc) is 2.12. The second-order valence-electron chi connectivity index (χ2n) is 3.41. The molecule has 1 rings (SSSR count). The van der Waals surface area contributed by atoms with Gasteiger partial charge in [0.25, 0.3) is 0 Å². The van der Waals surface area contributed by atoms with Crippen LogP contribution in [0.25, 0.3) is 0 Å². The van der Waals surface area contributed by atoms with Crippen molar-refractivity contribution in [3.05, 3.63) is 26.5 Å². The molecule has 0 aliphatic rings. The van der Waals surface area contributed by atoms with Gasteiger partial charge in [0.2, 0.25) is 5.15 Å². The molecule has 0 saturated heterocycles. The fourth-order valence-electron chi connectivity index (χ4n) is 1.30. The SMILES string of the molecule is Cc1nc(Cl)c([N+](=O)[O-])c(NC(C)O)c1C. The third kappa shape index (κ3) is 2.40. The number of aliphatic hydroxyl groups is 1. The van der Waals surface area contributed by atoms with Gasteiger partial charge < -0.3 is 10.4 Å². The van der Waals surface area contributed by atoms with E-state index in [0.29, 0.717) is 11.3 Å². The zero-order valence-corrected chi connectivity index (χ0v) is 9.87. The highest BCUT2D eigenvalue weighted by molar-refractivity contribution is 6.32. The molecule has 1 aromatic rings. The summed E-state index contributed by atoms with van der Waals surface area (Å²) >= 11 is 5.71. The summed E-state index contributed by atoms with van der Waals surface area (Å²) in [5.41, 5.74) is 1.07. The van der Waals surface area contributed by atoms with Crippen LogP contribution in [-0.4, -0.2) is 21.2 Å². The van der Waals surface area contributed by atoms with Gasteiger partial charge in [-0.3, -0.25) is 10.1 Å². The summed E-state index contributed by atoms with van der Waals surface area (Å²) in [5, 5.41) is 22.5. The van der Waals surface area contributed by atoms with Crippen LogP contribution >= 0.6 is 11.6 Å². The van der Waals surface area contributed by atoms with Gasteiger partial charge in [-0.05, 0) is 20.8 Å². The van der Waals surface area contributed by atoms with E-state index in [1.54, 1.807) is 13.8 Å². The molecule has 0 amide bonds.